The van der Waals surface area contributed by atoms with Crippen LogP contribution in [0.25, 0.3) is 0 Å². The van der Waals surface area contributed by atoms with Crippen molar-refractivity contribution in [2.24, 2.45) is 5.73 Å². The van der Waals surface area contributed by atoms with Crippen LogP contribution in [0.5, 0.6) is 0 Å². The molecule has 1 aromatic carbocycles. The highest BCUT2D eigenvalue weighted by Gasteiger charge is 2.23. The summed E-state index contributed by atoms with van der Waals surface area (Å²) in [5, 5.41) is 21.4. The third-order valence-corrected chi connectivity index (χ3v) is 2.12. The van der Waals surface area contributed by atoms with E-state index in [4.69, 9.17) is 5.73 Å². The lowest BCUT2D eigenvalue weighted by Crippen LogP contribution is -2.34. The van der Waals surface area contributed by atoms with Crippen LogP contribution in [0.4, 0.5) is 11.4 Å². The molecule has 0 amide bonds. The SMILES string of the molecule is CC(C)(N)Cc1ccc([N+](=O)[O-])cc1[N+](=O)[O-]. The Morgan fingerprint density at radius 1 is 1.24 bits per heavy atom. The van der Waals surface area contributed by atoms with Crippen LogP contribution in [0.2, 0.25) is 0 Å². The molecule has 0 aliphatic heterocycles. The normalized spacial score (nSPS) is 11.2. The number of nitrogens with zero attached hydrogens (tertiary/aromatic N) is 2. The summed E-state index contributed by atoms with van der Waals surface area (Å²) in [7, 11) is 0. The Bertz CT molecular complexity index is 465. The summed E-state index contributed by atoms with van der Waals surface area (Å²) in [6, 6.07) is 3.58. The lowest BCUT2D eigenvalue weighted by Gasteiger charge is -2.17. The topological polar surface area (TPSA) is 112 Å². The van der Waals surface area contributed by atoms with Gasteiger partial charge in [0.05, 0.1) is 15.9 Å². The summed E-state index contributed by atoms with van der Waals surface area (Å²) >= 11 is 0. The third-order valence-electron chi connectivity index (χ3n) is 2.12. The molecule has 92 valence electrons. The summed E-state index contributed by atoms with van der Waals surface area (Å²) in [6.07, 6.45) is 0.279. The lowest BCUT2D eigenvalue weighted by atomic mass is 9.95. The van der Waals surface area contributed by atoms with E-state index in [2.05, 4.69) is 0 Å². The molecule has 0 fully saturated rings. The third kappa shape index (κ3) is 3.49. The zero-order chi connectivity index (χ0) is 13.2. The van der Waals surface area contributed by atoms with Gasteiger partial charge in [-0.2, -0.15) is 0 Å². The van der Waals surface area contributed by atoms with Crippen LogP contribution in [0, 0.1) is 20.2 Å². The fourth-order valence-electron chi connectivity index (χ4n) is 1.48. The predicted octanol–water partition coefficient (Wildman–Crippen LogP) is 1.78. The molecule has 0 unspecified atom stereocenters. The maximum absolute atomic E-state index is 10.8. The summed E-state index contributed by atoms with van der Waals surface area (Å²) in [6.45, 7) is 3.47. The van der Waals surface area contributed by atoms with Crippen LogP contribution in [-0.4, -0.2) is 15.4 Å². The highest BCUT2D eigenvalue weighted by molar-refractivity contribution is 5.49. The molecule has 0 saturated heterocycles. The first kappa shape index (κ1) is 13.0. The standard InChI is InChI=1S/C10H13N3O4/c1-10(2,11)6-7-3-4-8(12(14)15)5-9(7)13(16)17/h3-5H,6,11H2,1-2H3. The summed E-state index contributed by atoms with van der Waals surface area (Å²) in [5.41, 5.74) is 5.00. The fraction of sp³-hybridized carbons (Fsp3) is 0.400. The number of benzene rings is 1. The van der Waals surface area contributed by atoms with Gasteiger partial charge in [-0.25, -0.2) is 0 Å². The molecule has 0 saturated carbocycles. The molecule has 0 bridgehead atoms. The predicted molar refractivity (Wildman–Crippen MR) is 61.7 cm³/mol. The first-order valence-corrected chi connectivity index (χ1v) is 4.91. The second kappa shape index (κ2) is 4.46. The molecule has 7 nitrogen and oxygen atoms in total. The maximum Gasteiger partial charge on any atom is 0.279 e. The smallest absolute Gasteiger partial charge is 0.279 e. The number of nitro groups is 2. The average Bonchev–Trinajstić information content (AvgIpc) is 2.14. The quantitative estimate of drug-likeness (QED) is 0.635. The van der Waals surface area contributed by atoms with Gasteiger partial charge in [0.1, 0.15) is 0 Å². The van der Waals surface area contributed by atoms with E-state index in [1.807, 2.05) is 0 Å². The number of hydrogen-bond donors (Lipinski definition) is 1. The molecule has 0 aliphatic rings. The van der Waals surface area contributed by atoms with Crippen molar-refractivity contribution in [1.29, 1.82) is 0 Å². The van der Waals surface area contributed by atoms with Gasteiger partial charge >= 0.3 is 0 Å². The molecule has 0 heterocycles. The van der Waals surface area contributed by atoms with E-state index < -0.39 is 15.4 Å². The molecule has 0 aliphatic carbocycles. The van der Waals surface area contributed by atoms with Crippen molar-refractivity contribution >= 4 is 11.4 Å². The van der Waals surface area contributed by atoms with Crippen LogP contribution in [0.15, 0.2) is 18.2 Å². The van der Waals surface area contributed by atoms with Crippen molar-refractivity contribution in [3.8, 4) is 0 Å². The van der Waals surface area contributed by atoms with Gasteiger partial charge in [-0.1, -0.05) is 0 Å². The largest absolute Gasteiger partial charge is 0.325 e. The van der Waals surface area contributed by atoms with Crippen molar-refractivity contribution in [3.63, 3.8) is 0 Å². The molecular weight excluding hydrogens is 226 g/mol. The summed E-state index contributed by atoms with van der Waals surface area (Å²) < 4.78 is 0. The highest BCUT2D eigenvalue weighted by Crippen LogP contribution is 2.26. The van der Waals surface area contributed by atoms with Gasteiger partial charge in [0.15, 0.2) is 0 Å². The molecular formula is C10H13N3O4. The van der Waals surface area contributed by atoms with Gasteiger partial charge in [-0.05, 0) is 26.3 Å². The van der Waals surface area contributed by atoms with Crippen molar-refractivity contribution in [3.05, 3.63) is 44.0 Å². The van der Waals surface area contributed by atoms with Crippen LogP contribution in [0.3, 0.4) is 0 Å². The minimum atomic E-state index is -0.662. The van der Waals surface area contributed by atoms with Crippen molar-refractivity contribution in [1.82, 2.24) is 0 Å². The van der Waals surface area contributed by atoms with Crippen LogP contribution < -0.4 is 5.73 Å². The Kier molecular flexibility index (Phi) is 3.42. The van der Waals surface area contributed by atoms with Gasteiger partial charge in [0, 0.05) is 17.2 Å². The molecule has 0 aromatic heterocycles. The first-order chi connectivity index (χ1) is 7.70. The number of rotatable bonds is 4. The number of hydrogen-bond acceptors (Lipinski definition) is 5. The van der Waals surface area contributed by atoms with Gasteiger partial charge in [-0.3, -0.25) is 20.2 Å². The van der Waals surface area contributed by atoms with Gasteiger partial charge in [-0.15, -0.1) is 0 Å². The Morgan fingerprint density at radius 2 is 1.82 bits per heavy atom. The molecule has 0 atom stereocenters. The van der Waals surface area contributed by atoms with E-state index in [0.29, 0.717) is 5.56 Å². The van der Waals surface area contributed by atoms with Crippen LogP contribution >= 0.6 is 0 Å². The maximum atomic E-state index is 10.8. The molecule has 2 N–H and O–H groups in total. The summed E-state index contributed by atoms with van der Waals surface area (Å²) in [4.78, 5) is 20.1. The summed E-state index contributed by atoms with van der Waals surface area (Å²) in [5.74, 6) is 0. The monoisotopic (exact) mass is 239 g/mol. The number of non-ortho nitro benzene ring substituents is 1. The van der Waals surface area contributed by atoms with E-state index in [1.54, 1.807) is 13.8 Å². The molecule has 0 spiro atoms. The Hall–Kier alpha value is -2.02. The minimum absolute atomic E-state index is 0.266. The van der Waals surface area contributed by atoms with Gasteiger partial charge in [0.2, 0.25) is 0 Å². The Labute approximate surface area is 97.5 Å². The highest BCUT2D eigenvalue weighted by atomic mass is 16.6. The lowest BCUT2D eigenvalue weighted by molar-refractivity contribution is -0.394. The molecule has 17 heavy (non-hydrogen) atoms. The van der Waals surface area contributed by atoms with Gasteiger partial charge < -0.3 is 5.73 Å². The number of nitro benzene ring substituents is 2. The zero-order valence-corrected chi connectivity index (χ0v) is 9.54. The van der Waals surface area contributed by atoms with Crippen molar-refractivity contribution in [2.45, 2.75) is 25.8 Å². The molecule has 1 rings (SSSR count). The van der Waals surface area contributed by atoms with Gasteiger partial charge in [0.25, 0.3) is 11.4 Å². The molecule has 7 heteroatoms. The average molecular weight is 239 g/mol. The second-order valence-electron chi connectivity index (χ2n) is 4.49. The van der Waals surface area contributed by atoms with E-state index in [9.17, 15) is 20.2 Å². The minimum Gasteiger partial charge on any atom is -0.325 e. The fourth-order valence-corrected chi connectivity index (χ4v) is 1.48. The van der Waals surface area contributed by atoms with E-state index in [1.165, 1.54) is 12.1 Å². The second-order valence-corrected chi connectivity index (χ2v) is 4.49. The Morgan fingerprint density at radius 3 is 2.24 bits per heavy atom. The molecule has 0 radical (unpaired) electrons. The number of nitrogens with two attached hydrogens (primary N) is 1. The van der Waals surface area contributed by atoms with Crippen molar-refractivity contribution in [2.75, 3.05) is 0 Å². The van der Waals surface area contributed by atoms with Crippen LogP contribution in [0.1, 0.15) is 19.4 Å². The first-order valence-electron chi connectivity index (χ1n) is 4.91. The van der Waals surface area contributed by atoms with Crippen molar-refractivity contribution < 1.29 is 9.85 Å². The van der Waals surface area contributed by atoms with Crippen LogP contribution in [-0.2, 0) is 6.42 Å². The van der Waals surface area contributed by atoms with E-state index >= 15 is 0 Å². The van der Waals surface area contributed by atoms with E-state index in [0.717, 1.165) is 6.07 Å². The zero-order valence-electron chi connectivity index (χ0n) is 9.54. The van der Waals surface area contributed by atoms with E-state index in [-0.39, 0.29) is 17.8 Å². The molecule has 1 aromatic rings. The Balaban J connectivity index is 3.23.